The van der Waals surface area contributed by atoms with E-state index in [2.05, 4.69) is 0 Å². The van der Waals surface area contributed by atoms with Crippen LogP contribution in [0, 0.1) is 5.82 Å². The van der Waals surface area contributed by atoms with E-state index in [9.17, 15) is 21.2 Å². The molecule has 0 heterocycles. The summed E-state index contributed by atoms with van der Waals surface area (Å²) in [4.78, 5) is -0.0167. The molecule has 0 spiro atoms. The summed E-state index contributed by atoms with van der Waals surface area (Å²) >= 11 is 0. The Labute approximate surface area is 135 Å². The molecule has 0 bridgehead atoms. The largest absolute Gasteiger partial charge is 0.243 e. The zero-order valence-corrected chi connectivity index (χ0v) is 14.2. The van der Waals surface area contributed by atoms with Crippen LogP contribution < -0.4 is 0 Å². The summed E-state index contributed by atoms with van der Waals surface area (Å²) < 4.78 is 62.4. The minimum atomic E-state index is -3.84. The summed E-state index contributed by atoms with van der Waals surface area (Å²) in [5, 5.41) is 0. The number of halogens is 1. The van der Waals surface area contributed by atoms with Crippen molar-refractivity contribution in [3.63, 3.8) is 0 Å². The third-order valence-electron chi connectivity index (χ3n) is 3.31. The number of benzene rings is 2. The Hall–Kier alpha value is -1.77. The van der Waals surface area contributed by atoms with E-state index in [0.717, 1.165) is 10.6 Å². The fraction of sp³-hybridized carbons (Fsp3) is 0.200. The average molecular weight is 357 g/mol. The Morgan fingerprint density at radius 1 is 0.913 bits per heavy atom. The van der Waals surface area contributed by atoms with Crippen molar-refractivity contribution in [2.45, 2.75) is 16.3 Å². The van der Waals surface area contributed by atoms with Gasteiger partial charge in [-0.1, -0.05) is 18.2 Å². The normalized spacial score (nSPS) is 12.5. The van der Waals surface area contributed by atoms with Crippen LogP contribution in [-0.2, 0) is 26.4 Å². The van der Waals surface area contributed by atoms with Gasteiger partial charge in [0.2, 0.25) is 10.0 Å². The van der Waals surface area contributed by atoms with Gasteiger partial charge in [0.15, 0.2) is 9.84 Å². The van der Waals surface area contributed by atoms with Crippen molar-refractivity contribution >= 4 is 19.9 Å². The number of hydrogen-bond acceptors (Lipinski definition) is 4. The zero-order valence-electron chi connectivity index (χ0n) is 12.6. The van der Waals surface area contributed by atoms with Crippen LogP contribution in [0.4, 0.5) is 4.39 Å². The smallest absolute Gasteiger partial charge is 0.224 e. The van der Waals surface area contributed by atoms with Gasteiger partial charge in [-0.25, -0.2) is 21.2 Å². The van der Waals surface area contributed by atoms with E-state index in [-0.39, 0.29) is 21.9 Å². The molecule has 0 unspecified atom stereocenters. The van der Waals surface area contributed by atoms with Crippen LogP contribution in [0.5, 0.6) is 0 Å². The molecule has 0 atom stereocenters. The molecule has 8 heteroatoms. The highest BCUT2D eigenvalue weighted by atomic mass is 32.2. The fourth-order valence-electron chi connectivity index (χ4n) is 1.99. The molecule has 2 rings (SSSR count). The molecule has 2 aromatic rings. The molecule has 23 heavy (non-hydrogen) atoms. The highest BCUT2D eigenvalue weighted by Crippen LogP contribution is 2.20. The second kappa shape index (κ2) is 6.38. The van der Waals surface area contributed by atoms with Crippen LogP contribution >= 0.6 is 0 Å². The van der Waals surface area contributed by atoms with Gasteiger partial charge in [-0.15, -0.1) is 0 Å². The van der Waals surface area contributed by atoms with E-state index < -0.39 is 25.7 Å². The molecule has 5 nitrogen and oxygen atoms in total. The topological polar surface area (TPSA) is 71.5 Å². The van der Waals surface area contributed by atoms with Crippen molar-refractivity contribution in [3.05, 3.63) is 59.9 Å². The molecular weight excluding hydrogens is 341 g/mol. The SMILES string of the molecule is CN(Cc1ccccc1F)S(=O)(=O)c1ccc(S(C)(=O)=O)cc1. The summed E-state index contributed by atoms with van der Waals surface area (Å²) in [6.45, 7) is -0.122. The number of sulfone groups is 1. The van der Waals surface area contributed by atoms with Crippen LogP contribution in [-0.4, -0.2) is 34.4 Å². The van der Waals surface area contributed by atoms with Crippen molar-refractivity contribution in [2.24, 2.45) is 0 Å². The highest BCUT2D eigenvalue weighted by Gasteiger charge is 2.22. The standard InChI is InChI=1S/C15H16FNO4S2/c1-17(11-12-5-3-4-6-15(12)16)23(20,21)14-9-7-13(8-10-14)22(2,18)19/h3-10H,11H2,1-2H3. The zero-order chi connectivity index (χ0) is 17.3. The van der Waals surface area contributed by atoms with Gasteiger partial charge in [0, 0.05) is 25.4 Å². The summed E-state index contributed by atoms with van der Waals surface area (Å²) in [5.74, 6) is -0.484. The molecule has 0 N–H and O–H groups in total. The number of hydrogen-bond donors (Lipinski definition) is 0. The van der Waals surface area contributed by atoms with Gasteiger partial charge in [0.1, 0.15) is 5.82 Å². The molecule has 0 amide bonds. The Morgan fingerprint density at radius 2 is 1.43 bits per heavy atom. The van der Waals surface area contributed by atoms with Crippen LogP contribution in [0.3, 0.4) is 0 Å². The van der Waals surface area contributed by atoms with Gasteiger partial charge in [0.05, 0.1) is 9.79 Å². The Kier molecular flexibility index (Phi) is 4.88. The van der Waals surface area contributed by atoms with Gasteiger partial charge in [-0.2, -0.15) is 4.31 Å². The predicted molar refractivity (Wildman–Crippen MR) is 84.6 cm³/mol. The summed E-state index contributed by atoms with van der Waals surface area (Å²) in [6.07, 6.45) is 1.04. The molecule has 0 aromatic heterocycles. The average Bonchev–Trinajstić information content (AvgIpc) is 2.48. The second-order valence-electron chi connectivity index (χ2n) is 5.10. The maximum Gasteiger partial charge on any atom is 0.243 e. The first kappa shape index (κ1) is 17.6. The molecule has 0 fully saturated rings. The Bertz CT molecular complexity index is 907. The maximum absolute atomic E-state index is 13.6. The monoisotopic (exact) mass is 357 g/mol. The minimum Gasteiger partial charge on any atom is -0.224 e. The predicted octanol–water partition coefficient (Wildman–Crippen LogP) is 2.05. The van der Waals surface area contributed by atoms with Gasteiger partial charge in [-0.3, -0.25) is 0 Å². The molecule has 0 aliphatic carbocycles. The van der Waals surface area contributed by atoms with E-state index in [4.69, 9.17) is 0 Å². The van der Waals surface area contributed by atoms with Gasteiger partial charge < -0.3 is 0 Å². The second-order valence-corrected chi connectivity index (χ2v) is 9.16. The molecule has 0 aliphatic heterocycles. The number of rotatable bonds is 5. The maximum atomic E-state index is 13.6. The van der Waals surface area contributed by atoms with Crippen LogP contribution in [0.25, 0.3) is 0 Å². The molecule has 0 saturated heterocycles. The molecule has 0 aliphatic rings. The van der Waals surface area contributed by atoms with Crippen molar-refractivity contribution in [3.8, 4) is 0 Å². The van der Waals surface area contributed by atoms with E-state index in [1.165, 1.54) is 49.5 Å². The lowest BCUT2D eigenvalue weighted by Crippen LogP contribution is -2.27. The third-order valence-corrected chi connectivity index (χ3v) is 6.26. The van der Waals surface area contributed by atoms with Gasteiger partial charge in [0.25, 0.3) is 0 Å². The van der Waals surface area contributed by atoms with E-state index in [0.29, 0.717) is 0 Å². The van der Waals surface area contributed by atoms with Gasteiger partial charge in [-0.05, 0) is 30.3 Å². The molecule has 124 valence electrons. The van der Waals surface area contributed by atoms with Gasteiger partial charge >= 0.3 is 0 Å². The summed E-state index contributed by atoms with van der Waals surface area (Å²) in [6, 6.07) is 10.8. The molecule has 0 radical (unpaired) electrons. The lowest BCUT2D eigenvalue weighted by atomic mass is 10.2. The molecule has 0 saturated carbocycles. The third kappa shape index (κ3) is 3.95. The quantitative estimate of drug-likeness (QED) is 0.821. The van der Waals surface area contributed by atoms with Crippen molar-refractivity contribution in [1.29, 1.82) is 0 Å². The highest BCUT2D eigenvalue weighted by molar-refractivity contribution is 7.90. The number of nitrogens with zero attached hydrogens (tertiary/aromatic N) is 1. The Balaban J connectivity index is 2.29. The fourth-order valence-corrected chi connectivity index (χ4v) is 3.77. The first-order chi connectivity index (χ1) is 10.6. The first-order valence-corrected chi connectivity index (χ1v) is 9.95. The summed E-state index contributed by atoms with van der Waals surface area (Å²) in [7, 11) is -5.90. The number of sulfonamides is 1. The van der Waals surface area contributed by atoms with Crippen molar-refractivity contribution in [2.75, 3.05) is 13.3 Å². The molecular formula is C15H16FNO4S2. The van der Waals surface area contributed by atoms with E-state index in [1.807, 2.05) is 0 Å². The van der Waals surface area contributed by atoms with Crippen LogP contribution in [0.2, 0.25) is 0 Å². The Morgan fingerprint density at radius 3 is 1.96 bits per heavy atom. The molecule has 2 aromatic carbocycles. The lowest BCUT2D eigenvalue weighted by Gasteiger charge is -2.17. The van der Waals surface area contributed by atoms with Crippen molar-refractivity contribution in [1.82, 2.24) is 4.31 Å². The van der Waals surface area contributed by atoms with Crippen LogP contribution in [0.15, 0.2) is 58.3 Å². The lowest BCUT2D eigenvalue weighted by molar-refractivity contribution is 0.456. The van der Waals surface area contributed by atoms with Crippen LogP contribution in [0.1, 0.15) is 5.56 Å². The summed E-state index contributed by atoms with van der Waals surface area (Å²) in [5.41, 5.74) is 0.256. The van der Waals surface area contributed by atoms with Crippen molar-refractivity contribution < 1.29 is 21.2 Å². The first-order valence-electron chi connectivity index (χ1n) is 6.62. The minimum absolute atomic E-state index is 0.0354. The van der Waals surface area contributed by atoms with E-state index >= 15 is 0 Å². The van der Waals surface area contributed by atoms with E-state index in [1.54, 1.807) is 6.07 Å².